The van der Waals surface area contributed by atoms with Gasteiger partial charge in [0.15, 0.2) is 5.78 Å². The number of hydrogen-bond acceptors (Lipinski definition) is 3. The van der Waals surface area contributed by atoms with Gasteiger partial charge in [0.05, 0.1) is 11.6 Å². The molecule has 3 nitrogen and oxygen atoms in total. The predicted molar refractivity (Wildman–Crippen MR) is 75.1 cm³/mol. The van der Waals surface area contributed by atoms with Gasteiger partial charge in [0.25, 0.3) is 0 Å². The van der Waals surface area contributed by atoms with Crippen LogP contribution in [0.3, 0.4) is 0 Å². The molecule has 100 valence electrons. The lowest BCUT2D eigenvalue weighted by atomic mass is 9.92. The molecule has 0 aliphatic heterocycles. The number of methoxy groups -OCH3 is 2. The van der Waals surface area contributed by atoms with Crippen molar-refractivity contribution in [3.8, 4) is 5.75 Å². The van der Waals surface area contributed by atoms with Gasteiger partial charge in [-0.1, -0.05) is 13.0 Å². The van der Waals surface area contributed by atoms with E-state index in [0.29, 0.717) is 12.8 Å². The topological polar surface area (TPSA) is 35.5 Å². The molecule has 1 atom stereocenters. The summed E-state index contributed by atoms with van der Waals surface area (Å²) in [5.74, 6) is 0.848. The molecule has 0 aromatic heterocycles. The number of ether oxygens (including phenoxy) is 2. The van der Waals surface area contributed by atoms with E-state index in [4.69, 9.17) is 9.47 Å². The van der Waals surface area contributed by atoms with Gasteiger partial charge in [-0.25, -0.2) is 0 Å². The molecule has 0 amide bonds. The standard InChI is InChI=1S/C14H19BrO3/c1-5-14(2,18-4)13(16)9-10-6-7-12(17-3)11(15)8-10/h6-8H,5,9H2,1-4H3. The smallest absolute Gasteiger partial charge is 0.168 e. The summed E-state index contributed by atoms with van der Waals surface area (Å²) < 4.78 is 11.3. The third-order valence-electron chi connectivity index (χ3n) is 3.30. The summed E-state index contributed by atoms with van der Waals surface area (Å²) in [6, 6.07) is 5.65. The zero-order valence-corrected chi connectivity index (χ0v) is 12.8. The SMILES string of the molecule is CCC(C)(OC)C(=O)Cc1ccc(OC)c(Br)c1. The van der Waals surface area contributed by atoms with Crippen molar-refractivity contribution in [1.82, 2.24) is 0 Å². The van der Waals surface area contributed by atoms with E-state index in [9.17, 15) is 4.79 Å². The molecule has 0 N–H and O–H groups in total. The molecule has 0 saturated heterocycles. The summed E-state index contributed by atoms with van der Waals surface area (Å²) in [4.78, 5) is 12.2. The Morgan fingerprint density at radius 3 is 2.50 bits per heavy atom. The van der Waals surface area contributed by atoms with Gasteiger partial charge in [-0.15, -0.1) is 0 Å². The first-order valence-corrected chi connectivity index (χ1v) is 6.67. The molecule has 1 unspecified atom stereocenters. The molecule has 0 spiro atoms. The second-order valence-electron chi connectivity index (χ2n) is 4.36. The molecule has 0 aliphatic rings. The minimum absolute atomic E-state index is 0.0876. The molecule has 0 bridgehead atoms. The first-order valence-electron chi connectivity index (χ1n) is 5.87. The summed E-state index contributed by atoms with van der Waals surface area (Å²) in [6.45, 7) is 3.78. The molecule has 18 heavy (non-hydrogen) atoms. The Kier molecular flexibility index (Phi) is 5.35. The Bertz CT molecular complexity index is 425. The Morgan fingerprint density at radius 2 is 2.06 bits per heavy atom. The molecule has 0 saturated carbocycles. The summed E-state index contributed by atoms with van der Waals surface area (Å²) >= 11 is 3.41. The summed E-state index contributed by atoms with van der Waals surface area (Å²) in [7, 11) is 3.19. The van der Waals surface area contributed by atoms with Crippen molar-refractivity contribution in [3.05, 3.63) is 28.2 Å². The number of halogens is 1. The van der Waals surface area contributed by atoms with Crippen LogP contribution in [-0.4, -0.2) is 25.6 Å². The van der Waals surface area contributed by atoms with Gasteiger partial charge in [-0.2, -0.15) is 0 Å². The first-order chi connectivity index (χ1) is 8.46. The summed E-state index contributed by atoms with van der Waals surface area (Å²) in [5.41, 5.74) is 0.247. The van der Waals surface area contributed by atoms with Crippen LogP contribution in [0.2, 0.25) is 0 Å². The normalized spacial score (nSPS) is 14.1. The Hall–Kier alpha value is -0.870. The quantitative estimate of drug-likeness (QED) is 0.807. The Morgan fingerprint density at radius 1 is 1.39 bits per heavy atom. The highest BCUT2D eigenvalue weighted by Gasteiger charge is 2.30. The molecule has 4 heteroatoms. The lowest BCUT2D eigenvalue weighted by Gasteiger charge is -2.25. The minimum atomic E-state index is -0.702. The van der Waals surface area contributed by atoms with Crippen LogP contribution in [0.1, 0.15) is 25.8 Å². The number of carbonyl (C=O) groups is 1. The zero-order chi connectivity index (χ0) is 13.8. The van der Waals surface area contributed by atoms with Crippen LogP contribution < -0.4 is 4.74 Å². The molecule has 0 heterocycles. The van der Waals surface area contributed by atoms with Crippen molar-refractivity contribution in [2.24, 2.45) is 0 Å². The van der Waals surface area contributed by atoms with Crippen LogP contribution in [0.15, 0.2) is 22.7 Å². The third-order valence-corrected chi connectivity index (χ3v) is 3.92. The van der Waals surface area contributed by atoms with Crippen molar-refractivity contribution in [2.75, 3.05) is 14.2 Å². The van der Waals surface area contributed by atoms with Crippen molar-refractivity contribution < 1.29 is 14.3 Å². The maximum Gasteiger partial charge on any atom is 0.168 e. The number of rotatable bonds is 6. The van der Waals surface area contributed by atoms with Gasteiger partial charge in [0.2, 0.25) is 0 Å². The largest absolute Gasteiger partial charge is 0.496 e. The lowest BCUT2D eigenvalue weighted by Crippen LogP contribution is -2.37. The van der Waals surface area contributed by atoms with Crippen LogP contribution in [0.25, 0.3) is 0 Å². The highest BCUT2D eigenvalue weighted by molar-refractivity contribution is 9.10. The molecule has 0 aliphatic carbocycles. The number of ketones is 1. The molecule has 1 rings (SSSR count). The second kappa shape index (κ2) is 6.34. The maximum absolute atomic E-state index is 12.2. The third kappa shape index (κ3) is 3.33. The fourth-order valence-electron chi connectivity index (χ4n) is 1.65. The van der Waals surface area contributed by atoms with E-state index < -0.39 is 5.60 Å². The predicted octanol–water partition coefficient (Wildman–Crippen LogP) is 3.38. The lowest BCUT2D eigenvalue weighted by molar-refractivity contribution is -0.138. The Labute approximate surface area is 117 Å². The number of hydrogen-bond donors (Lipinski definition) is 0. The first kappa shape index (κ1) is 15.2. The van der Waals surface area contributed by atoms with Gasteiger partial charge in [-0.3, -0.25) is 4.79 Å². The Balaban J connectivity index is 2.85. The van der Waals surface area contributed by atoms with Crippen molar-refractivity contribution >= 4 is 21.7 Å². The fraction of sp³-hybridized carbons (Fsp3) is 0.500. The van der Waals surface area contributed by atoms with E-state index in [0.717, 1.165) is 15.8 Å². The minimum Gasteiger partial charge on any atom is -0.496 e. The van der Waals surface area contributed by atoms with Crippen molar-refractivity contribution in [2.45, 2.75) is 32.3 Å². The van der Waals surface area contributed by atoms with Crippen LogP contribution in [-0.2, 0) is 16.0 Å². The fourth-order valence-corrected chi connectivity index (χ4v) is 2.24. The maximum atomic E-state index is 12.2. The molecular formula is C14H19BrO3. The van der Waals surface area contributed by atoms with Gasteiger partial charge < -0.3 is 9.47 Å². The van der Waals surface area contributed by atoms with E-state index >= 15 is 0 Å². The van der Waals surface area contributed by atoms with E-state index in [1.54, 1.807) is 14.2 Å². The zero-order valence-electron chi connectivity index (χ0n) is 11.2. The highest BCUT2D eigenvalue weighted by Crippen LogP contribution is 2.27. The molecule has 0 radical (unpaired) electrons. The van der Waals surface area contributed by atoms with E-state index in [2.05, 4.69) is 15.9 Å². The van der Waals surface area contributed by atoms with E-state index in [-0.39, 0.29) is 5.78 Å². The average molecular weight is 315 g/mol. The monoisotopic (exact) mass is 314 g/mol. The van der Waals surface area contributed by atoms with Crippen LogP contribution >= 0.6 is 15.9 Å². The van der Waals surface area contributed by atoms with Crippen molar-refractivity contribution in [3.63, 3.8) is 0 Å². The summed E-state index contributed by atoms with van der Waals surface area (Å²) in [6.07, 6.45) is 1.03. The molecule has 0 fully saturated rings. The molecular weight excluding hydrogens is 296 g/mol. The van der Waals surface area contributed by atoms with Crippen LogP contribution in [0, 0.1) is 0 Å². The highest BCUT2D eigenvalue weighted by atomic mass is 79.9. The number of Topliss-reactive ketones (excluding diaryl/α,β-unsaturated/α-hetero) is 1. The van der Waals surface area contributed by atoms with E-state index in [1.165, 1.54) is 0 Å². The number of carbonyl (C=O) groups excluding carboxylic acids is 1. The molecule has 1 aromatic rings. The average Bonchev–Trinajstić information content (AvgIpc) is 2.38. The number of benzene rings is 1. The second-order valence-corrected chi connectivity index (χ2v) is 5.21. The van der Waals surface area contributed by atoms with Crippen LogP contribution in [0.5, 0.6) is 5.75 Å². The van der Waals surface area contributed by atoms with Gasteiger partial charge in [-0.05, 0) is 47.0 Å². The summed E-state index contributed by atoms with van der Waals surface area (Å²) in [5, 5.41) is 0. The van der Waals surface area contributed by atoms with Crippen molar-refractivity contribution in [1.29, 1.82) is 0 Å². The van der Waals surface area contributed by atoms with E-state index in [1.807, 2.05) is 32.0 Å². The van der Waals surface area contributed by atoms with Gasteiger partial charge in [0.1, 0.15) is 11.4 Å². The van der Waals surface area contributed by atoms with Gasteiger partial charge in [0, 0.05) is 13.5 Å². The molecule has 1 aromatic carbocycles. The van der Waals surface area contributed by atoms with Gasteiger partial charge >= 0.3 is 0 Å². The van der Waals surface area contributed by atoms with Crippen LogP contribution in [0.4, 0.5) is 0 Å².